The Kier molecular flexibility index (Phi) is 6.21. The van der Waals surface area contributed by atoms with Crippen molar-refractivity contribution in [3.8, 4) is 11.1 Å². The van der Waals surface area contributed by atoms with Gasteiger partial charge in [-0.05, 0) is 47.6 Å². The zero-order valence-electron chi connectivity index (χ0n) is 14.6. The van der Waals surface area contributed by atoms with Crippen LogP contribution in [-0.4, -0.2) is 12.5 Å². The van der Waals surface area contributed by atoms with Gasteiger partial charge in [-0.3, -0.25) is 4.79 Å². The monoisotopic (exact) mass is 339 g/mol. The van der Waals surface area contributed by atoms with Crippen LogP contribution in [0.2, 0.25) is 0 Å². The van der Waals surface area contributed by atoms with Gasteiger partial charge in [-0.25, -0.2) is 4.39 Å². The van der Waals surface area contributed by atoms with Crippen molar-refractivity contribution in [2.45, 2.75) is 44.9 Å². The molecule has 0 bridgehead atoms. The van der Waals surface area contributed by atoms with Crippen LogP contribution in [0, 0.1) is 11.7 Å². The molecule has 0 heterocycles. The minimum atomic E-state index is -0.237. The van der Waals surface area contributed by atoms with Gasteiger partial charge in [0, 0.05) is 6.54 Å². The van der Waals surface area contributed by atoms with E-state index in [0.717, 1.165) is 35.6 Å². The molecule has 0 aliphatic heterocycles. The topological polar surface area (TPSA) is 29.1 Å². The smallest absolute Gasteiger partial charge is 0.224 e. The van der Waals surface area contributed by atoms with Crippen molar-refractivity contribution in [3.05, 3.63) is 59.9 Å². The van der Waals surface area contributed by atoms with Crippen LogP contribution in [0.3, 0.4) is 0 Å². The second-order valence-corrected chi connectivity index (χ2v) is 7.03. The molecule has 132 valence electrons. The van der Waals surface area contributed by atoms with Gasteiger partial charge in [0.05, 0.1) is 6.42 Å². The average molecular weight is 339 g/mol. The maximum atomic E-state index is 13.3. The molecule has 0 radical (unpaired) electrons. The molecule has 0 aromatic heterocycles. The number of halogens is 1. The van der Waals surface area contributed by atoms with Gasteiger partial charge in [-0.2, -0.15) is 0 Å². The fourth-order valence-electron chi connectivity index (χ4n) is 3.65. The van der Waals surface area contributed by atoms with Crippen LogP contribution in [0.1, 0.15) is 44.1 Å². The van der Waals surface area contributed by atoms with Crippen LogP contribution in [0.25, 0.3) is 11.1 Å². The number of benzene rings is 2. The van der Waals surface area contributed by atoms with Gasteiger partial charge in [-0.15, -0.1) is 0 Å². The number of carbonyl (C=O) groups is 1. The van der Waals surface area contributed by atoms with Crippen LogP contribution in [0.15, 0.2) is 48.5 Å². The van der Waals surface area contributed by atoms with Gasteiger partial charge in [-0.1, -0.05) is 62.1 Å². The number of hydrogen-bond donors (Lipinski definition) is 1. The van der Waals surface area contributed by atoms with Crippen molar-refractivity contribution in [3.63, 3.8) is 0 Å². The first-order valence-electron chi connectivity index (χ1n) is 9.32. The molecule has 2 aromatic carbocycles. The van der Waals surface area contributed by atoms with Crippen LogP contribution in [0.4, 0.5) is 4.39 Å². The molecule has 0 saturated heterocycles. The molecule has 1 aliphatic rings. The lowest BCUT2D eigenvalue weighted by molar-refractivity contribution is -0.120. The predicted molar refractivity (Wildman–Crippen MR) is 99.7 cm³/mol. The molecule has 1 saturated carbocycles. The Morgan fingerprint density at radius 2 is 1.80 bits per heavy atom. The number of carbonyl (C=O) groups excluding carboxylic acids is 1. The second-order valence-electron chi connectivity index (χ2n) is 7.03. The fourth-order valence-corrected chi connectivity index (χ4v) is 3.65. The van der Waals surface area contributed by atoms with E-state index in [9.17, 15) is 9.18 Å². The van der Waals surface area contributed by atoms with E-state index in [0.29, 0.717) is 6.42 Å². The molecule has 1 amide bonds. The Bertz CT molecular complexity index is 689. The molecule has 1 fully saturated rings. The largest absolute Gasteiger partial charge is 0.356 e. The van der Waals surface area contributed by atoms with Gasteiger partial charge < -0.3 is 5.32 Å². The summed E-state index contributed by atoms with van der Waals surface area (Å²) < 4.78 is 13.3. The molecule has 2 nitrogen and oxygen atoms in total. The van der Waals surface area contributed by atoms with Crippen molar-refractivity contribution in [1.29, 1.82) is 0 Å². The van der Waals surface area contributed by atoms with Gasteiger partial charge >= 0.3 is 0 Å². The molecule has 0 atom stereocenters. The van der Waals surface area contributed by atoms with Crippen LogP contribution in [-0.2, 0) is 11.2 Å². The maximum absolute atomic E-state index is 13.3. The molecule has 3 heteroatoms. The Hall–Kier alpha value is -2.16. The van der Waals surface area contributed by atoms with E-state index in [1.54, 1.807) is 6.07 Å². The predicted octanol–water partition coefficient (Wildman–Crippen LogP) is 5.12. The average Bonchev–Trinajstić information content (AvgIpc) is 3.13. The molecule has 3 rings (SSSR count). The molecule has 25 heavy (non-hydrogen) atoms. The summed E-state index contributed by atoms with van der Waals surface area (Å²) in [5.74, 6) is 0.718. The van der Waals surface area contributed by atoms with E-state index >= 15 is 0 Å². The molecule has 0 spiro atoms. The molecule has 1 N–H and O–H groups in total. The highest BCUT2D eigenvalue weighted by molar-refractivity contribution is 5.78. The first-order chi connectivity index (χ1) is 12.2. The third-order valence-corrected chi connectivity index (χ3v) is 5.06. The Morgan fingerprint density at radius 1 is 1.04 bits per heavy atom. The fraction of sp³-hybridized carbons (Fsp3) is 0.409. The summed E-state index contributed by atoms with van der Waals surface area (Å²) >= 11 is 0. The summed E-state index contributed by atoms with van der Waals surface area (Å²) in [5.41, 5.74) is 2.79. The number of hydrogen-bond acceptors (Lipinski definition) is 1. The highest BCUT2D eigenvalue weighted by Crippen LogP contribution is 2.28. The summed E-state index contributed by atoms with van der Waals surface area (Å²) in [6, 6.07) is 14.3. The highest BCUT2D eigenvalue weighted by atomic mass is 19.1. The molecule has 1 aliphatic carbocycles. The summed E-state index contributed by atoms with van der Waals surface area (Å²) in [5, 5.41) is 3.02. The van der Waals surface area contributed by atoms with E-state index in [1.807, 2.05) is 30.3 Å². The first kappa shape index (κ1) is 17.7. The van der Waals surface area contributed by atoms with Crippen LogP contribution >= 0.6 is 0 Å². The van der Waals surface area contributed by atoms with Crippen molar-refractivity contribution in [1.82, 2.24) is 5.32 Å². The summed E-state index contributed by atoms with van der Waals surface area (Å²) in [4.78, 5) is 12.0. The standard InChI is InChI=1S/C22H26FNO/c23-21-9-3-8-20(16-21)19-12-10-18(11-13-19)15-22(25)24-14-4-7-17-5-1-2-6-17/h3,8-13,16-17H,1-2,4-7,14-15H2,(H,24,25). The second kappa shape index (κ2) is 8.80. The minimum Gasteiger partial charge on any atom is -0.356 e. The minimum absolute atomic E-state index is 0.0740. The molecule has 2 aromatic rings. The number of rotatable bonds is 7. The summed E-state index contributed by atoms with van der Waals surface area (Å²) in [6.45, 7) is 0.775. The third kappa shape index (κ3) is 5.42. The highest BCUT2D eigenvalue weighted by Gasteiger charge is 2.14. The van der Waals surface area contributed by atoms with Gasteiger partial charge in [0.1, 0.15) is 5.82 Å². The van der Waals surface area contributed by atoms with Crippen molar-refractivity contribution in [2.24, 2.45) is 5.92 Å². The maximum Gasteiger partial charge on any atom is 0.224 e. The third-order valence-electron chi connectivity index (χ3n) is 5.06. The van der Waals surface area contributed by atoms with Gasteiger partial charge in [0.15, 0.2) is 0 Å². The number of nitrogens with one attached hydrogen (secondary N) is 1. The molecular formula is C22H26FNO. The quantitative estimate of drug-likeness (QED) is 0.697. The lowest BCUT2D eigenvalue weighted by atomic mass is 10.0. The van der Waals surface area contributed by atoms with Crippen LogP contribution in [0.5, 0.6) is 0 Å². The van der Waals surface area contributed by atoms with Gasteiger partial charge in [0.25, 0.3) is 0 Å². The first-order valence-corrected chi connectivity index (χ1v) is 9.32. The zero-order valence-corrected chi connectivity index (χ0v) is 14.6. The summed E-state index contributed by atoms with van der Waals surface area (Å²) in [7, 11) is 0. The summed E-state index contributed by atoms with van der Waals surface area (Å²) in [6.07, 6.45) is 8.20. The Balaban J connectivity index is 1.43. The zero-order chi connectivity index (χ0) is 17.5. The van der Waals surface area contributed by atoms with E-state index in [2.05, 4.69) is 5.32 Å². The van der Waals surface area contributed by atoms with Crippen molar-refractivity contribution >= 4 is 5.91 Å². The van der Waals surface area contributed by atoms with Crippen LogP contribution < -0.4 is 5.32 Å². The van der Waals surface area contributed by atoms with E-state index < -0.39 is 0 Å². The Morgan fingerprint density at radius 3 is 2.52 bits per heavy atom. The Labute approximate surface area is 149 Å². The van der Waals surface area contributed by atoms with Crippen molar-refractivity contribution < 1.29 is 9.18 Å². The molecular weight excluding hydrogens is 313 g/mol. The lowest BCUT2D eigenvalue weighted by Gasteiger charge is -2.09. The number of amides is 1. The molecule has 0 unspecified atom stereocenters. The lowest BCUT2D eigenvalue weighted by Crippen LogP contribution is -2.26. The SMILES string of the molecule is O=C(Cc1ccc(-c2cccc(F)c2)cc1)NCCCC1CCCC1. The normalized spacial score (nSPS) is 14.6. The van der Waals surface area contributed by atoms with Gasteiger partial charge in [0.2, 0.25) is 5.91 Å². The van der Waals surface area contributed by atoms with E-state index in [1.165, 1.54) is 44.2 Å². The van der Waals surface area contributed by atoms with Crippen molar-refractivity contribution in [2.75, 3.05) is 6.54 Å². The van der Waals surface area contributed by atoms with E-state index in [-0.39, 0.29) is 11.7 Å². The van der Waals surface area contributed by atoms with E-state index in [4.69, 9.17) is 0 Å².